The van der Waals surface area contributed by atoms with Crippen LogP contribution in [0.15, 0.2) is 178 Å². The van der Waals surface area contributed by atoms with Gasteiger partial charge in [0.05, 0.1) is 0 Å². The normalized spacial score (nSPS) is 13.6. The van der Waals surface area contributed by atoms with Crippen LogP contribution in [0.4, 0.5) is 0 Å². The zero-order valence-electron chi connectivity index (χ0n) is 27.2. The first kappa shape index (κ1) is 28.7. The van der Waals surface area contributed by atoms with Gasteiger partial charge in [-0.15, -0.1) is 0 Å². The largest absolute Gasteiger partial charge is 0.456 e. The van der Waals surface area contributed by atoms with E-state index >= 15 is 0 Å². The average molecular weight is 686 g/mol. The number of hydrogen-bond donors (Lipinski definition) is 0. The molecule has 11 rings (SSSR count). The molecule has 0 fully saturated rings. The molecule has 238 valence electrons. The highest BCUT2D eigenvalue weighted by molar-refractivity contribution is 8.00. The number of fused-ring (bicyclic) bond motifs is 12. The number of aromatic nitrogens is 3. The van der Waals surface area contributed by atoms with Crippen molar-refractivity contribution < 1.29 is 4.42 Å². The van der Waals surface area contributed by atoms with Crippen molar-refractivity contribution in [2.45, 2.75) is 9.79 Å². The van der Waals surface area contributed by atoms with E-state index in [9.17, 15) is 0 Å². The standard InChI is InChI=1S/C45H27N3OSSi/c1-2-12-28(13-3-1)43-46-44(29-22-24-32-31-14-4-6-16-35(31)49-36(32)26-29)48-45(47-43)30-23-25-34-33-15-5-9-19-39(33)51(42(34)27-30)40-20-10-7-17-37(40)50-38-18-8-11-21-41(38)51/h1-27H. The molecule has 0 bridgehead atoms. The highest BCUT2D eigenvalue weighted by Gasteiger charge is 2.52. The molecule has 0 radical (unpaired) electrons. The van der Waals surface area contributed by atoms with Crippen LogP contribution in [0.1, 0.15) is 0 Å². The Hall–Kier alpha value is -6.08. The van der Waals surface area contributed by atoms with E-state index < -0.39 is 8.07 Å². The fourth-order valence-corrected chi connectivity index (χ4v) is 15.6. The Kier molecular flexibility index (Phi) is 6.17. The van der Waals surface area contributed by atoms with Crippen molar-refractivity contribution in [1.82, 2.24) is 15.0 Å². The SMILES string of the molecule is c1ccc(-c2nc(-c3ccc4c(c3)[Si]3(c5ccccc5Sc5ccccc53)c3ccccc3-4)nc(-c3ccc4c(c3)oc3ccccc34)n2)cc1. The molecule has 4 heterocycles. The molecule has 7 aromatic carbocycles. The van der Waals surface area contributed by atoms with Crippen molar-refractivity contribution in [1.29, 1.82) is 0 Å². The fourth-order valence-electron chi connectivity index (χ4n) is 8.21. The highest BCUT2D eigenvalue weighted by Crippen LogP contribution is 2.39. The predicted molar refractivity (Wildman–Crippen MR) is 210 cm³/mol. The third-order valence-corrected chi connectivity index (χ3v) is 16.9. The zero-order valence-corrected chi connectivity index (χ0v) is 29.1. The van der Waals surface area contributed by atoms with Crippen LogP contribution in [0.3, 0.4) is 0 Å². The van der Waals surface area contributed by atoms with Crippen molar-refractivity contribution in [2.75, 3.05) is 0 Å². The minimum Gasteiger partial charge on any atom is -0.456 e. The number of furan rings is 1. The first-order valence-corrected chi connectivity index (χ1v) is 19.9. The van der Waals surface area contributed by atoms with Crippen molar-refractivity contribution in [3.63, 3.8) is 0 Å². The third kappa shape index (κ3) is 4.18. The quantitative estimate of drug-likeness (QED) is 0.175. The van der Waals surface area contributed by atoms with Crippen molar-refractivity contribution in [2.24, 2.45) is 0 Å². The Morgan fingerprint density at radius 1 is 0.392 bits per heavy atom. The lowest BCUT2D eigenvalue weighted by Crippen LogP contribution is -2.74. The first-order valence-electron chi connectivity index (χ1n) is 17.1. The van der Waals surface area contributed by atoms with Crippen LogP contribution >= 0.6 is 11.8 Å². The van der Waals surface area contributed by atoms with Gasteiger partial charge in [0.2, 0.25) is 0 Å². The van der Waals surface area contributed by atoms with E-state index in [2.05, 4.69) is 127 Å². The van der Waals surface area contributed by atoms with Crippen LogP contribution in [-0.2, 0) is 0 Å². The number of hydrogen-bond acceptors (Lipinski definition) is 5. The minimum absolute atomic E-state index is 0.613. The fraction of sp³-hybridized carbons (Fsp3) is 0. The summed E-state index contributed by atoms with van der Waals surface area (Å²) < 4.78 is 6.28. The topological polar surface area (TPSA) is 51.8 Å². The van der Waals surface area contributed by atoms with Crippen LogP contribution in [0.2, 0.25) is 0 Å². The summed E-state index contributed by atoms with van der Waals surface area (Å²) in [6.45, 7) is 0. The molecule has 9 aromatic rings. The van der Waals surface area contributed by atoms with E-state index in [1.54, 1.807) is 0 Å². The molecular formula is C45H27N3OSSi. The summed E-state index contributed by atoms with van der Waals surface area (Å²) in [6, 6.07) is 58.6. The van der Waals surface area contributed by atoms with Crippen molar-refractivity contribution in [3.8, 4) is 45.3 Å². The Bertz CT molecular complexity index is 2820. The third-order valence-electron chi connectivity index (χ3n) is 10.4. The van der Waals surface area contributed by atoms with Gasteiger partial charge in [0, 0.05) is 37.3 Å². The summed E-state index contributed by atoms with van der Waals surface area (Å²) in [5, 5.41) is 7.88. The van der Waals surface area contributed by atoms with Gasteiger partial charge in [0.1, 0.15) is 11.2 Å². The van der Waals surface area contributed by atoms with Crippen molar-refractivity contribution >= 4 is 62.5 Å². The van der Waals surface area contributed by atoms with Gasteiger partial charge < -0.3 is 4.42 Å². The molecule has 2 aliphatic heterocycles. The minimum atomic E-state index is -2.67. The Morgan fingerprint density at radius 3 is 1.71 bits per heavy atom. The van der Waals surface area contributed by atoms with Gasteiger partial charge in [-0.1, -0.05) is 145 Å². The molecular weight excluding hydrogens is 659 g/mol. The molecule has 0 aliphatic carbocycles. The lowest BCUT2D eigenvalue weighted by molar-refractivity contribution is 0.669. The summed E-state index contributed by atoms with van der Waals surface area (Å²) in [4.78, 5) is 18.1. The second kappa shape index (κ2) is 11.0. The molecule has 2 aromatic heterocycles. The van der Waals surface area contributed by atoms with E-state index in [0.717, 1.165) is 38.6 Å². The van der Waals surface area contributed by atoms with Gasteiger partial charge in [0.15, 0.2) is 25.5 Å². The van der Waals surface area contributed by atoms with Gasteiger partial charge >= 0.3 is 0 Å². The lowest BCUT2D eigenvalue weighted by atomic mass is 10.0. The van der Waals surface area contributed by atoms with Crippen LogP contribution in [0, 0.1) is 0 Å². The predicted octanol–water partition coefficient (Wildman–Crippen LogP) is 8.59. The van der Waals surface area contributed by atoms with E-state index in [-0.39, 0.29) is 0 Å². The first-order chi connectivity index (χ1) is 25.3. The average Bonchev–Trinajstić information content (AvgIpc) is 3.71. The molecule has 4 nitrogen and oxygen atoms in total. The zero-order chi connectivity index (χ0) is 33.5. The van der Waals surface area contributed by atoms with Gasteiger partial charge in [-0.05, 0) is 62.2 Å². The maximum Gasteiger partial charge on any atom is 0.183 e. The van der Waals surface area contributed by atoms with Gasteiger partial charge in [-0.3, -0.25) is 0 Å². The monoisotopic (exact) mass is 685 g/mol. The number of nitrogens with zero attached hydrogens (tertiary/aromatic N) is 3. The van der Waals surface area contributed by atoms with Gasteiger partial charge in [0.25, 0.3) is 0 Å². The number of rotatable bonds is 3. The molecule has 0 saturated heterocycles. The van der Waals surface area contributed by atoms with Gasteiger partial charge in [-0.2, -0.15) is 0 Å². The Balaban J connectivity index is 1.16. The van der Waals surface area contributed by atoms with Crippen LogP contribution in [0.25, 0.3) is 67.2 Å². The summed E-state index contributed by atoms with van der Waals surface area (Å²) in [7, 11) is -2.67. The Morgan fingerprint density at radius 2 is 0.941 bits per heavy atom. The second-order valence-corrected chi connectivity index (χ2v) is 17.9. The van der Waals surface area contributed by atoms with E-state index in [4.69, 9.17) is 19.4 Å². The smallest absolute Gasteiger partial charge is 0.183 e. The molecule has 0 atom stereocenters. The lowest BCUT2D eigenvalue weighted by Gasteiger charge is -2.37. The molecule has 0 unspecified atom stereocenters. The Labute approximate surface area is 299 Å². The summed E-state index contributed by atoms with van der Waals surface area (Å²) >= 11 is 1.89. The van der Waals surface area contributed by atoms with Crippen LogP contribution in [0.5, 0.6) is 0 Å². The van der Waals surface area contributed by atoms with Crippen molar-refractivity contribution in [3.05, 3.63) is 164 Å². The molecule has 51 heavy (non-hydrogen) atoms. The van der Waals surface area contributed by atoms with E-state index in [1.807, 2.05) is 48.2 Å². The van der Waals surface area contributed by atoms with E-state index in [1.165, 1.54) is 41.7 Å². The molecule has 1 spiro atoms. The number of para-hydroxylation sites is 1. The molecule has 2 aliphatic rings. The molecule has 0 amide bonds. The van der Waals surface area contributed by atoms with Crippen LogP contribution in [-0.4, -0.2) is 23.0 Å². The maximum absolute atomic E-state index is 6.28. The summed E-state index contributed by atoms with van der Waals surface area (Å²) in [5.41, 5.74) is 7.10. The van der Waals surface area contributed by atoms with E-state index in [0.29, 0.717) is 17.5 Å². The summed E-state index contributed by atoms with van der Waals surface area (Å²) in [6.07, 6.45) is 0. The summed E-state index contributed by atoms with van der Waals surface area (Å²) in [5.74, 6) is 1.90. The molecule has 6 heteroatoms. The maximum atomic E-state index is 6.28. The molecule has 0 N–H and O–H groups in total. The molecule has 0 saturated carbocycles. The van der Waals surface area contributed by atoms with Crippen LogP contribution < -0.4 is 20.7 Å². The second-order valence-electron chi connectivity index (χ2n) is 13.1. The van der Waals surface area contributed by atoms with Gasteiger partial charge in [-0.25, -0.2) is 15.0 Å². The number of benzene rings is 7. The highest BCUT2D eigenvalue weighted by atomic mass is 32.2.